The fourth-order valence-corrected chi connectivity index (χ4v) is 13.1. The number of likely N-dealkylation sites (N-methyl/N-ethyl adjacent to an activating group) is 1. The topological polar surface area (TPSA) is 322 Å². The van der Waals surface area contributed by atoms with Gasteiger partial charge in [-0.2, -0.15) is 0 Å². The van der Waals surface area contributed by atoms with Gasteiger partial charge in [-0.05, 0) is 91.3 Å². The van der Waals surface area contributed by atoms with E-state index in [9.17, 15) is 62.6 Å². The van der Waals surface area contributed by atoms with Crippen LogP contribution in [0.25, 0.3) is 22.3 Å². The van der Waals surface area contributed by atoms with Crippen molar-refractivity contribution >= 4 is 81.7 Å². The molecule has 0 radical (unpaired) electrons. The van der Waals surface area contributed by atoms with Gasteiger partial charge in [0.15, 0.2) is 0 Å². The van der Waals surface area contributed by atoms with E-state index in [-0.39, 0.29) is 93.5 Å². The van der Waals surface area contributed by atoms with E-state index in [1.54, 1.807) is 35.8 Å². The number of aliphatic carboxylic acids is 1. The summed E-state index contributed by atoms with van der Waals surface area (Å²) in [4.78, 5) is 166. The molecule has 88 heavy (non-hydrogen) atoms. The number of rotatable bonds is 26. The quantitative estimate of drug-likeness (QED) is 0.0263. The van der Waals surface area contributed by atoms with Crippen molar-refractivity contribution in [2.24, 2.45) is 11.8 Å². The average Bonchev–Trinajstić information content (AvgIpc) is 1.50. The molecule has 0 spiro atoms. The van der Waals surface area contributed by atoms with Gasteiger partial charge in [-0.15, -0.1) is 0 Å². The van der Waals surface area contributed by atoms with Gasteiger partial charge in [-0.3, -0.25) is 62.4 Å². The summed E-state index contributed by atoms with van der Waals surface area (Å²) in [6.07, 6.45) is 3.85. The summed E-state index contributed by atoms with van der Waals surface area (Å²) < 4.78 is 22.4. The molecule has 5 atom stereocenters. The minimum absolute atomic E-state index is 0.00548. The molecule has 2 aromatic heterocycles. The zero-order chi connectivity index (χ0) is 63.2. The second kappa shape index (κ2) is 27.4. The summed E-state index contributed by atoms with van der Waals surface area (Å²) in [5.74, 6) is -7.89. The molecule has 2 unspecified atom stereocenters. The number of unbranched alkanes of at least 4 members (excludes halogenated alkanes) is 2. The van der Waals surface area contributed by atoms with Gasteiger partial charge in [0.25, 0.3) is 5.56 Å². The van der Waals surface area contributed by atoms with E-state index < -0.39 is 103 Å². The van der Waals surface area contributed by atoms with Crippen LogP contribution < -0.4 is 37.0 Å². The molecule has 0 bridgehead atoms. The Hall–Kier alpha value is -8.90. The number of para-hydroxylation sites is 1. The van der Waals surface area contributed by atoms with Gasteiger partial charge in [0.2, 0.25) is 53.2 Å². The number of likely N-dealkylation sites (tertiary alicyclic amines) is 1. The molecular weight excluding hydrogens is 1140 g/mol. The molecule has 2 aromatic carbocycles. The highest BCUT2D eigenvalue weighted by atomic mass is 19.1. The number of carbonyl (C=O) groups is 11. The highest BCUT2D eigenvalue weighted by molar-refractivity contribution is 6.06. The Bertz CT molecular complexity index is 3580. The van der Waals surface area contributed by atoms with Crippen LogP contribution in [0.1, 0.15) is 149 Å². The fourth-order valence-electron chi connectivity index (χ4n) is 13.1. The van der Waals surface area contributed by atoms with Crippen molar-refractivity contribution < 1.29 is 67.0 Å². The zero-order valence-electron chi connectivity index (χ0n) is 50.1. The average molecular weight is 1220 g/mol. The number of aryl methyl sites for hydroxylation is 1. The van der Waals surface area contributed by atoms with Gasteiger partial charge in [0, 0.05) is 68.5 Å². The SMILES string of the molecule is CCC(CC)C1CC(=O)N(CCCCCC(=O)N[C@@H](CC(=O)O)C(=O)N(C)CC(=O)NCC(=O)NC2Cc3ccccc3N(CC(=O)NCCCC(=O)N[C@H]3CCc4c(C)c(F)cc5nc6c(c3c45)Cn3c-6cc4c(c3=O)COC(=O)[C@@H]4CC)C2=O)C1=O. The predicted molar refractivity (Wildman–Crippen MR) is 316 cm³/mol. The number of imide groups is 1. The number of nitrogens with one attached hydrogen (secondary N) is 5. The first-order valence-corrected chi connectivity index (χ1v) is 30.3. The van der Waals surface area contributed by atoms with Gasteiger partial charge in [-0.1, -0.05) is 58.2 Å². The molecule has 6 N–H and O–H groups in total. The standard InChI is InChI=1S/C63H75FN10O14/c1-6-34(7-2)38-25-54(80)72(59(38)83)22-13-9-10-17-49(75)68-46(27-55(81)82)61(85)71(5)30-52(78)66-28-51(77)69-45-23-35-15-11-12-16-47(35)74(62(45)86)31-53(79)65-21-14-18-50(76)67-43-20-19-37-33(4)42(64)26-44-56(37)57(43)40-29-73-48(58(40)70-44)24-39-36(8-3)63(87)88-32-41(39)60(73)84/h11-12,15-16,24,26,34,36,38,43,45-46H,6-10,13-14,17-23,25,27-32H2,1-5H3,(H,65,79)(H,66,78)(H,67,76)(H,68,75)(H,69,77)(H,81,82)/t36-,38?,43+,45?,46+/m1/s1. The van der Waals surface area contributed by atoms with Crippen molar-refractivity contribution in [3.8, 4) is 11.4 Å². The summed E-state index contributed by atoms with van der Waals surface area (Å²) in [5, 5.41) is 23.6. The number of hydrogen-bond acceptors (Lipinski definition) is 14. The number of ether oxygens (including phenoxy) is 1. The minimum atomic E-state index is -1.52. The highest BCUT2D eigenvalue weighted by Crippen LogP contribution is 2.46. The van der Waals surface area contributed by atoms with Crippen LogP contribution in [0, 0.1) is 24.6 Å². The van der Waals surface area contributed by atoms with Crippen LogP contribution in [0.5, 0.6) is 0 Å². The van der Waals surface area contributed by atoms with Crippen LogP contribution in [0.2, 0.25) is 0 Å². The lowest BCUT2D eigenvalue weighted by molar-refractivity contribution is -0.148. The van der Waals surface area contributed by atoms with Crippen molar-refractivity contribution in [2.45, 2.75) is 155 Å². The number of benzene rings is 2. The molecular formula is C63H75FN10O14. The molecule has 6 heterocycles. The Balaban J connectivity index is 0.732. The number of carbonyl (C=O) groups excluding carboxylic acids is 10. The number of carboxylic acids is 1. The summed E-state index contributed by atoms with van der Waals surface area (Å²) in [6.45, 7) is 6.18. The number of esters is 1. The number of fused-ring (bicyclic) bond motifs is 6. The van der Waals surface area contributed by atoms with E-state index in [4.69, 9.17) is 9.72 Å². The minimum Gasteiger partial charge on any atom is -0.481 e. The Kier molecular flexibility index (Phi) is 19.8. The summed E-state index contributed by atoms with van der Waals surface area (Å²) in [7, 11) is 1.23. The van der Waals surface area contributed by atoms with E-state index in [1.807, 2.05) is 26.8 Å². The van der Waals surface area contributed by atoms with Crippen molar-refractivity contribution in [1.82, 2.24) is 45.9 Å². The lowest BCUT2D eigenvalue weighted by Gasteiger charge is -2.34. The van der Waals surface area contributed by atoms with Crippen LogP contribution in [-0.2, 0) is 83.5 Å². The van der Waals surface area contributed by atoms with Gasteiger partial charge in [0.1, 0.15) is 31.1 Å². The van der Waals surface area contributed by atoms with Crippen LogP contribution in [0.4, 0.5) is 10.1 Å². The number of anilines is 1. The second-order valence-electron chi connectivity index (χ2n) is 23.4. The van der Waals surface area contributed by atoms with Crippen LogP contribution >= 0.6 is 0 Å². The van der Waals surface area contributed by atoms with E-state index in [2.05, 4.69) is 26.6 Å². The van der Waals surface area contributed by atoms with E-state index in [0.717, 1.165) is 39.8 Å². The maximum atomic E-state index is 15.5. The normalized spacial score (nSPS) is 18.4. The van der Waals surface area contributed by atoms with Gasteiger partial charge in [0.05, 0.1) is 66.4 Å². The summed E-state index contributed by atoms with van der Waals surface area (Å²) in [5.41, 5.74) is 5.92. The number of hydrogen-bond donors (Lipinski definition) is 6. The first kappa shape index (κ1) is 63.6. The largest absolute Gasteiger partial charge is 0.481 e. The lowest BCUT2D eigenvalue weighted by Crippen LogP contribution is -2.56. The number of nitrogens with zero attached hydrogens (tertiary/aromatic N) is 5. The molecule has 9 rings (SSSR count). The number of aromatic nitrogens is 2. The third-order valence-electron chi connectivity index (χ3n) is 17.7. The molecule has 1 saturated heterocycles. The molecule has 5 aliphatic rings. The third kappa shape index (κ3) is 13.5. The second-order valence-corrected chi connectivity index (χ2v) is 23.4. The Morgan fingerprint density at radius 1 is 0.818 bits per heavy atom. The van der Waals surface area contributed by atoms with Crippen molar-refractivity contribution in [2.75, 3.05) is 44.7 Å². The smallest absolute Gasteiger partial charge is 0.313 e. The maximum Gasteiger partial charge on any atom is 0.313 e. The van der Waals surface area contributed by atoms with Crippen LogP contribution in [0.15, 0.2) is 41.2 Å². The lowest BCUT2D eigenvalue weighted by atomic mass is 9.81. The monoisotopic (exact) mass is 1210 g/mol. The van der Waals surface area contributed by atoms with Gasteiger partial charge >= 0.3 is 11.9 Å². The number of carboxylic acid groups (broad SMARTS) is 1. The first-order chi connectivity index (χ1) is 42.1. The Morgan fingerprint density at radius 3 is 2.30 bits per heavy atom. The van der Waals surface area contributed by atoms with E-state index in [1.165, 1.54) is 22.9 Å². The van der Waals surface area contributed by atoms with Crippen molar-refractivity contribution in [3.05, 3.63) is 91.5 Å². The van der Waals surface area contributed by atoms with Crippen molar-refractivity contribution in [3.63, 3.8) is 0 Å². The first-order valence-electron chi connectivity index (χ1n) is 30.3. The maximum absolute atomic E-state index is 15.5. The molecule has 25 heteroatoms. The van der Waals surface area contributed by atoms with Gasteiger partial charge in [-0.25, -0.2) is 9.37 Å². The number of halogens is 1. The Morgan fingerprint density at radius 2 is 1.56 bits per heavy atom. The molecule has 9 amide bonds. The fraction of sp³-hybridized carbons (Fsp3) is 0.508. The molecule has 0 saturated carbocycles. The third-order valence-corrected chi connectivity index (χ3v) is 17.7. The van der Waals surface area contributed by atoms with Gasteiger partial charge < -0.3 is 50.8 Å². The Labute approximate surface area is 507 Å². The van der Waals surface area contributed by atoms with E-state index >= 15 is 4.39 Å². The molecule has 1 aliphatic carbocycles. The van der Waals surface area contributed by atoms with Crippen LogP contribution in [-0.4, -0.2) is 141 Å². The molecule has 4 aromatic rings. The number of amides is 9. The molecule has 24 nitrogen and oxygen atoms in total. The molecule has 468 valence electrons. The highest BCUT2D eigenvalue weighted by Gasteiger charge is 2.42. The molecule has 1 fully saturated rings. The number of cyclic esters (lactones) is 1. The molecule has 4 aliphatic heterocycles. The van der Waals surface area contributed by atoms with Crippen molar-refractivity contribution in [1.29, 1.82) is 0 Å². The summed E-state index contributed by atoms with van der Waals surface area (Å²) >= 11 is 0. The zero-order valence-corrected chi connectivity index (χ0v) is 50.1. The summed E-state index contributed by atoms with van der Waals surface area (Å²) in [6, 6.07) is 6.86. The number of pyridine rings is 2. The predicted octanol–water partition coefficient (Wildman–Crippen LogP) is 3.40. The van der Waals surface area contributed by atoms with Crippen LogP contribution in [0.3, 0.4) is 0 Å². The van der Waals surface area contributed by atoms with E-state index in [0.29, 0.717) is 83.4 Å².